The lowest BCUT2D eigenvalue weighted by Crippen LogP contribution is -2.55. The maximum absolute atomic E-state index is 13.6. The third kappa shape index (κ3) is 4.21. The van der Waals surface area contributed by atoms with Crippen LogP contribution in [0.5, 0.6) is 17.2 Å². The smallest absolute Gasteiger partial charge is 0.236 e. The molecule has 2 aromatic heterocycles. The van der Waals surface area contributed by atoms with Crippen LogP contribution in [-0.4, -0.2) is 52.5 Å². The van der Waals surface area contributed by atoms with Crippen LogP contribution in [0, 0.1) is 5.92 Å². The monoisotopic (exact) mass is 524 g/mol. The second kappa shape index (κ2) is 10.0. The lowest BCUT2D eigenvalue weighted by molar-refractivity contribution is -0.129. The zero-order valence-corrected chi connectivity index (χ0v) is 21.8. The van der Waals surface area contributed by atoms with Crippen LogP contribution in [0.15, 0.2) is 42.2 Å². The molecule has 5 rings (SSSR count). The molecule has 1 aliphatic heterocycles. The number of nitrogens with zero attached hydrogens (tertiary/aromatic N) is 3. The van der Waals surface area contributed by atoms with Gasteiger partial charge in [-0.25, -0.2) is 0 Å². The number of fused-ring (bicyclic) bond motifs is 2. The van der Waals surface area contributed by atoms with Crippen molar-refractivity contribution in [3.05, 3.63) is 58.6 Å². The topological polar surface area (TPSA) is 104 Å². The van der Waals surface area contributed by atoms with E-state index in [-0.39, 0.29) is 22.1 Å². The average Bonchev–Trinajstić information content (AvgIpc) is 3.45. The molecule has 2 aliphatic rings. The number of carbonyl (C=O) groups is 2. The van der Waals surface area contributed by atoms with Crippen LogP contribution in [0.4, 0.5) is 0 Å². The van der Waals surface area contributed by atoms with Gasteiger partial charge < -0.3 is 19.5 Å². The van der Waals surface area contributed by atoms with E-state index >= 15 is 0 Å². The van der Waals surface area contributed by atoms with Crippen LogP contribution < -0.4 is 19.5 Å². The van der Waals surface area contributed by atoms with Gasteiger partial charge in [-0.2, -0.15) is 0 Å². The Kier molecular flexibility index (Phi) is 6.81. The van der Waals surface area contributed by atoms with Crippen molar-refractivity contribution in [3.8, 4) is 17.2 Å². The Morgan fingerprint density at radius 1 is 1.16 bits per heavy atom. The zero-order valence-electron chi connectivity index (χ0n) is 21.0. The van der Waals surface area contributed by atoms with Crippen molar-refractivity contribution >= 4 is 28.8 Å². The first-order valence-electron chi connectivity index (χ1n) is 12.4. The lowest BCUT2D eigenvalue weighted by Gasteiger charge is -2.35. The lowest BCUT2D eigenvalue weighted by atomic mass is 9.74. The molecule has 9 nitrogen and oxygen atoms in total. The number of methoxy groups -OCH3 is 2. The van der Waals surface area contributed by atoms with E-state index in [0.717, 1.165) is 49.4 Å². The molecule has 0 bridgehead atoms. The standard InChI is InChI=1S/C27H29ClN4O5/c1-16-13-17(29-11-7-4-5-9-21-30-31-22-10-6-8-12-32(21)22)14-20(33)27(16)26(34)23-18(35-2)15-19(36-3)24(28)25(23)37-27/h6,8,10,12,14-16,29H,4-5,7,9,11,13H2,1-3H3/t16-,27+/m1/s1. The maximum Gasteiger partial charge on any atom is 0.236 e. The number of aryl methyl sites for hydroxylation is 1. The summed E-state index contributed by atoms with van der Waals surface area (Å²) in [6, 6.07) is 7.39. The molecule has 194 valence electrons. The maximum atomic E-state index is 13.6. The molecule has 1 aromatic carbocycles. The quantitative estimate of drug-likeness (QED) is 0.328. The van der Waals surface area contributed by atoms with E-state index in [1.54, 1.807) is 0 Å². The van der Waals surface area contributed by atoms with Gasteiger partial charge in [-0.05, 0) is 31.4 Å². The Hall–Kier alpha value is -3.59. The van der Waals surface area contributed by atoms with Crippen LogP contribution in [0.1, 0.15) is 48.8 Å². The first-order chi connectivity index (χ1) is 17.9. The molecule has 0 fully saturated rings. The molecule has 0 amide bonds. The number of aromatic nitrogens is 3. The van der Waals surface area contributed by atoms with Crippen molar-refractivity contribution < 1.29 is 23.8 Å². The number of ketones is 2. The molecule has 1 spiro atoms. The molecule has 0 radical (unpaired) electrons. The van der Waals surface area contributed by atoms with Crippen LogP contribution >= 0.6 is 11.6 Å². The highest BCUT2D eigenvalue weighted by atomic mass is 35.5. The SMILES string of the molecule is COc1cc(OC)c2c(c1Cl)O[C@@]1(C(=O)C=C(NCCCCCc3nnc4ccccn34)C[C@H]1C)C2=O. The minimum absolute atomic E-state index is 0.133. The van der Waals surface area contributed by atoms with Crippen molar-refractivity contribution in [1.29, 1.82) is 0 Å². The van der Waals surface area contributed by atoms with Crippen molar-refractivity contribution in [1.82, 2.24) is 19.9 Å². The second-order valence-corrected chi connectivity index (χ2v) is 9.77. The fourth-order valence-electron chi connectivity index (χ4n) is 5.15. The molecule has 2 atom stereocenters. The Labute approximate surface area is 219 Å². The van der Waals surface area contributed by atoms with E-state index in [1.165, 1.54) is 26.4 Å². The number of hydrogen-bond acceptors (Lipinski definition) is 8. The number of ether oxygens (including phenoxy) is 3. The largest absolute Gasteiger partial charge is 0.496 e. The van der Waals surface area contributed by atoms with E-state index in [4.69, 9.17) is 25.8 Å². The normalized spacial score (nSPS) is 20.6. The van der Waals surface area contributed by atoms with Crippen LogP contribution in [0.25, 0.3) is 5.65 Å². The molecule has 0 saturated carbocycles. The van der Waals surface area contributed by atoms with Gasteiger partial charge in [-0.1, -0.05) is 31.0 Å². The predicted octanol–water partition coefficient (Wildman–Crippen LogP) is 4.21. The minimum atomic E-state index is -1.65. The van der Waals surface area contributed by atoms with E-state index < -0.39 is 23.1 Å². The molecule has 1 N–H and O–H groups in total. The van der Waals surface area contributed by atoms with Crippen molar-refractivity contribution in [3.63, 3.8) is 0 Å². The number of benzene rings is 1. The van der Waals surface area contributed by atoms with E-state index in [9.17, 15) is 9.59 Å². The fraction of sp³-hybridized carbons (Fsp3) is 0.407. The molecule has 37 heavy (non-hydrogen) atoms. The van der Waals surface area contributed by atoms with Crippen molar-refractivity contribution in [2.24, 2.45) is 5.92 Å². The third-order valence-electron chi connectivity index (χ3n) is 7.12. The van der Waals surface area contributed by atoms with Gasteiger partial charge in [0.25, 0.3) is 0 Å². The van der Waals surface area contributed by atoms with Crippen LogP contribution in [0.3, 0.4) is 0 Å². The highest BCUT2D eigenvalue weighted by molar-refractivity contribution is 6.36. The molecule has 3 heterocycles. The van der Waals surface area contributed by atoms with Crippen molar-refractivity contribution in [2.75, 3.05) is 20.8 Å². The Morgan fingerprint density at radius 2 is 1.97 bits per heavy atom. The molecule has 3 aromatic rings. The number of nitrogens with one attached hydrogen (secondary N) is 1. The third-order valence-corrected chi connectivity index (χ3v) is 7.48. The summed E-state index contributed by atoms with van der Waals surface area (Å²) < 4.78 is 18.8. The number of Topliss-reactive ketones (excluding diaryl/α,β-unsaturated/α-hetero) is 1. The number of unbranched alkanes of at least 4 members (excludes halogenated alkanes) is 2. The predicted molar refractivity (Wildman–Crippen MR) is 138 cm³/mol. The number of pyridine rings is 1. The van der Waals surface area contributed by atoms with E-state index in [2.05, 4.69) is 15.5 Å². The van der Waals surface area contributed by atoms with Gasteiger partial charge in [-0.15, -0.1) is 10.2 Å². The molecule has 0 unspecified atom stereocenters. The van der Waals surface area contributed by atoms with Gasteiger partial charge in [0.05, 0.1) is 14.2 Å². The van der Waals surface area contributed by atoms with Gasteiger partial charge in [0.2, 0.25) is 17.2 Å². The van der Waals surface area contributed by atoms with Gasteiger partial charge in [0, 0.05) is 42.9 Å². The second-order valence-electron chi connectivity index (χ2n) is 9.39. The zero-order chi connectivity index (χ0) is 26.2. The summed E-state index contributed by atoms with van der Waals surface area (Å²) in [6.07, 6.45) is 7.74. The van der Waals surface area contributed by atoms with E-state index in [0.29, 0.717) is 12.2 Å². The first-order valence-corrected chi connectivity index (χ1v) is 12.7. The highest BCUT2D eigenvalue weighted by Gasteiger charge is 2.60. The van der Waals surface area contributed by atoms with Crippen molar-refractivity contribution in [2.45, 2.75) is 44.6 Å². The number of carbonyl (C=O) groups excluding carboxylic acids is 2. The number of rotatable bonds is 9. The number of allylic oxidation sites excluding steroid dienone is 1. The summed E-state index contributed by atoms with van der Waals surface area (Å²) in [4.78, 5) is 26.9. The fourth-order valence-corrected chi connectivity index (χ4v) is 5.41. The molecule has 10 heteroatoms. The Morgan fingerprint density at radius 3 is 2.73 bits per heavy atom. The molecule has 0 saturated heterocycles. The van der Waals surface area contributed by atoms with Gasteiger partial charge >= 0.3 is 0 Å². The Bertz CT molecular complexity index is 1400. The van der Waals surface area contributed by atoms with E-state index in [1.807, 2.05) is 35.7 Å². The Balaban J connectivity index is 1.20. The first kappa shape index (κ1) is 25.1. The number of hydrogen-bond donors (Lipinski definition) is 1. The summed E-state index contributed by atoms with van der Waals surface area (Å²) in [5.41, 5.74) is 0.179. The van der Waals surface area contributed by atoms with Gasteiger partial charge in [-0.3, -0.25) is 14.0 Å². The summed E-state index contributed by atoms with van der Waals surface area (Å²) >= 11 is 6.44. The summed E-state index contributed by atoms with van der Waals surface area (Å²) in [5.74, 6) is 0.440. The van der Waals surface area contributed by atoms with Crippen LogP contribution in [0.2, 0.25) is 5.02 Å². The van der Waals surface area contributed by atoms with Gasteiger partial charge in [0.15, 0.2) is 11.4 Å². The van der Waals surface area contributed by atoms with Crippen LogP contribution in [-0.2, 0) is 11.2 Å². The molecule has 1 aliphatic carbocycles. The summed E-state index contributed by atoms with van der Waals surface area (Å²) in [7, 11) is 2.91. The molecular formula is C27H29ClN4O5. The molecular weight excluding hydrogens is 496 g/mol. The minimum Gasteiger partial charge on any atom is -0.496 e. The average molecular weight is 525 g/mol. The summed E-state index contributed by atoms with van der Waals surface area (Å²) in [5, 5.41) is 12.0. The number of halogens is 1. The highest BCUT2D eigenvalue weighted by Crippen LogP contribution is 2.52. The summed E-state index contributed by atoms with van der Waals surface area (Å²) in [6.45, 7) is 2.57. The van der Waals surface area contributed by atoms with Gasteiger partial charge in [0.1, 0.15) is 27.9 Å².